The van der Waals surface area contributed by atoms with E-state index in [0.29, 0.717) is 18.9 Å². The third-order valence-electron chi connectivity index (χ3n) is 2.44. The first-order valence-electron chi connectivity index (χ1n) is 5.00. The van der Waals surface area contributed by atoms with Crippen molar-refractivity contribution < 1.29 is 4.79 Å². The molecule has 15 heavy (non-hydrogen) atoms. The number of nitrogens with one attached hydrogen (secondary N) is 1. The molecule has 2 rings (SSSR count). The van der Waals surface area contributed by atoms with Crippen LogP contribution in [0.4, 0.5) is 10.6 Å². The van der Waals surface area contributed by atoms with Gasteiger partial charge in [-0.3, -0.25) is 9.58 Å². The van der Waals surface area contributed by atoms with Crippen LogP contribution in [-0.4, -0.2) is 28.9 Å². The van der Waals surface area contributed by atoms with Crippen molar-refractivity contribution in [2.75, 3.05) is 18.0 Å². The van der Waals surface area contributed by atoms with Crippen molar-refractivity contribution in [3.63, 3.8) is 0 Å². The summed E-state index contributed by atoms with van der Waals surface area (Å²) in [6.45, 7) is 1.84. The molecule has 1 aromatic heterocycles. The smallest absolute Gasteiger partial charge is 0.323 e. The monoisotopic (exact) mass is 209 g/mol. The number of hydrogen-bond acceptors (Lipinski definition) is 3. The number of nitrogens with zero attached hydrogens (tertiary/aromatic N) is 3. The predicted octanol–water partition coefficient (Wildman–Crippen LogP) is -0.201. The molecule has 0 aliphatic carbocycles. The maximum absolute atomic E-state index is 11.6. The van der Waals surface area contributed by atoms with Crippen molar-refractivity contribution in [2.24, 2.45) is 12.8 Å². The number of urea groups is 1. The second kappa shape index (κ2) is 3.90. The second-order valence-electron chi connectivity index (χ2n) is 3.59. The van der Waals surface area contributed by atoms with Crippen LogP contribution in [0.1, 0.15) is 12.0 Å². The standard InChI is InChI=1S/C9H15N5O/c1-13-6-7(5-10)8(12-13)14-4-2-3-11-9(14)15/h6H,2-5,10H2,1H3,(H,11,15). The molecule has 0 bridgehead atoms. The van der Waals surface area contributed by atoms with Gasteiger partial charge in [-0.2, -0.15) is 5.10 Å². The number of aryl methyl sites for hydroxylation is 1. The number of carbonyl (C=O) groups is 1. The van der Waals surface area contributed by atoms with Gasteiger partial charge in [-0.1, -0.05) is 0 Å². The van der Waals surface area contributed by atoms with Crippen molar-refractivity contribution >= 4 is 11.8 Å². The lowest BCUT2D eigenvalue weighted by molar-refractivity contribution is 0.242. The molecule has 1 aliphatic rings. The van der Waals surface area contributed by atoms with Crippen molar-refractivity contribution in [1.82, 2.24) is 15.1 Å². The summed E-state index contributed by atoms with van der Waals surface area (Å²) in [5.74, 6) is 0.678. The maximum Gasteiger partial charge on any atom is 0.323 e. The number of aromatic nitrogens is 2. The summed E-state index contributed by atoms with van der Waals surface area (Å²) in [4.78, 5) is 13.2. The molecule has 6 heteroatoms. The first-order chi connectivity index (χ1) is 7.22. The van der Waals surface area contributed by atoms with E-state index < -0.39 is 0 Å². The lowest BCUT2D eigenvalue weighted by atomic mass is 10.2. The van der Waals surface area contributed by atoms with Gasteiger partial charge in [0.1, 0.15) is 0 Å². The Morgan fingerprint density at radius 2 is 2.47 bits per heavy atom. The number of rotatable bonds is 2. The fourth-order valence-electron chi connectivity index (χ4n) is 1.73. The number of anilines is 1. The van der Waals surface area contributed by atoms with Gasteiger partial charge in [-0.15, -0.1) is 0 Å². The first-order valence-corrected chi connectivity index (χ1v) is 5.00. The highest BCUT2D eigenvalue weighted by Gasteiger charge is 2.23. The largest absolute Gasteiger partial charge is 0.338 e. The lowest BCUT2D eigenvalue weighted by Gasteiger charge is -2.26. The minimum absolute atomic E-state index is 0.0883. The van der Waals surface area contributed by atoms with E-state index in [2.05, 4.69) is 10.4 Å². The van der Waals surface area contributed by atoms with E-state index >= 15 is 0 Å². The van der Waals surface area contributed by atoms with Crippen LogP contribution in [0, 0.1) is 0 Å². The Morgan fingerprint density at radius 1 is 1.67 bits per heavy atom. The second-order valence-corrected chi connectivity index (χ2v) is 3.59. The van der Waals surface area contributed by atoms with Crippen molar-refractivity contribution in [1.29, 1.82) is 0 Å². The Labute approximate surface area is 88.0 Å². The van der Waals surface area contributed by atoms with Crippen LogP contribution in [0.25, 0.3) is 0 Å². The van der Waals surface area contributed by atoms with Gasteiger partial charge in [0, 0.05) is 38.4 Å². The molecule has 2 heterocycles. The molecule has 0 unspecified atom stereocenters. The van der Waals surface area contributed by atoms with Gasteiger partial charge in [0.15, 0.2) is 5.82 Å². The van der Waals surface area contributed by atoms with Gasteiger partial charge in [0.2, 0.25) is 0 Å². The summed E-state index contributed by atoms with van der Waals surface area (Å²) in [6.07, 6.45) is 2.78. The van der Waals surface area contributed by atoms with E-state index in [1.807, 2.05) is 13.2 Å². The molecule has 1 aromatic rings. The summed E-state index contributed by atoms with van der Waals surface area (Å²) >= 11 is 0. The number of hydrogen-bond donors (Lipinski definition) is 2. The molecule has 3 N–H and O–H groups in total. The molecule has 1 fully saturated rings. The lowest BCUT2D eigenvalue weighted by Crippen LogP contribution is -2.47. The fourth-order valence-corrected chi connectivity index (χ4v) is 1.73. The van der Waals surface area contributed by atoms with Crippen LogP contribution in [-0.2, 0) is 13.6 Å². The Balaban J connectivity index is 2.30. The fraction of sp³-hybridized carbons (Fsp3) is 0.556. The highest BCUT2D eigenvalue weighted by molar-refractivity contribution is 5.92. The molecule has 0 aromatic carbocycles. The third-order valence-corrected chi connectivity index (χ3v) is 2.44. The Morgan fingerprint density at radius 3 is 3.13 bits per heavy atom. The highest BCUT2D eigenvalue weighted by Crippen LogP contribution is 2.19. The Kier molecular flexibility index (Phi) is 2.59. The molecule has 82 valence electrons. The van der Waals surface area contributed by atoms with Crippen LogP contribution in [0.3, 0.4) is 0 Å². The Hall–Kier alpha value is -1.56. The normalized spacial score (nSPS) is 16.7. The number of amides is 2. The number of nitrogens with two attached hydrogens (primary N) is 1. The van der Waals surface area contributed by atoms with Crippen LogP contribution in [0.5, 0.6) is 0 Å². The van der Waals surface area contributed by atoms with Gasteiger partial charge >= 0.3 is 6.03 Å². The van der Waals surface area contributed by atoms with Crippen molar-refractivity contribution in [3.05, 3.63) is 11.8 Å². The SMILES string of the molecule is Cn1cc(CN)c(N2CCCNC2=O)n1. The van der Waals surface area contributed by atoms with E-state index in [9.17, 15) is 4.79 Å². The molecule has 0 atom stereocenters. The number of carbonyl (C=O) groups excluding carboxylic acids is 1. The minimum atomic E-state index is -0.0883. The van der Waals surface area contributed by atoms with E-state index in [4.69, 9.17) is 5.73 Å². The average molecular weight is 209 g/mol. The molecule has 1 saturated heterocycles. The minimum Gasteiger partial charge on any atom is -0.338 e. The predicted molar refractivity (Wildman–Crippen MR) is 56.5 cm³/mol. The van der Waals surface area contributed by atoms with Crippen molar-refractivity contribution in [3.8, 4) is 0 Å². The van der Waals surface area contributed by atoms with Crippen LogP contribution < -0.4 is 16.0 Å². The first kappa shape index (κ1) is 9.97. The topological polar surface area (TPSA) is 76.2 Å². The summed E-state index contributed by atoms with van der Waals surface area (Å²) in [6, 6.07) is -0.0883. The maximum atomic E-state index is 11.6. The quantitative estimate of drug-likeness (QED) is 0.708. The van der Waals surface area contributed by atoms with Gasteiger partial charge in [0.05, 0.1) is 0 Å². The summed E-state index contributed by atoms with van der Waals surface area (Å²) < 4.78 is 1.68. The average Bonchev–Trinajstić information content (AvgIpc) is 2.60. The zero-order valence-electron chi connectivity index (χ0n) is 8.73. The van der Waals surface area contributed by atoms with Crippen LogP contribution in [0.15, 0.2) is 6.20 Å². The molecule has 2 amide bonds. The van der Waals surface area contributed by atoms with E-state index in [0.717, 1.165) is 18.5 Å². The molecule has 0 radical (unpaired) electrons. The van der Waals surface area contributed by atoms with Crippen LogP contribution in [0.2, 0.25) is 0 Å². The third kappa shape index (κ3) is 1.80. The van der Waals surface area contributed by atoms with Gasteiger partial charge in [0.25, 0.3) is 0 Å². The van der Waals surface area contributed by atoms with E-state index in [1.165, 1.54) is 0 Å². The molecular weight excluding hydrogens is 194 g/mol. The summed E-state index contributed by atoms with van der Waals surface area (Å²) in [7, 11) is 1.82. The van der Waals surface area contributed by atoms with E-state index in [-0.39, 0.29) is 6.03 Å². The summed E-state index contributed by atoms with van der Waals surface area (Å²) in [5, 5.41) is 7.05. The zero-order chi connectivity index (χ0) is 10.8. The summed E-state index contributed by atoms with van der Waals surface area (Å²) in [5.41, 5.74) is 6.50. The van der Waals surface area contributed by atoms with Gasteiger partial charge < -0.3 is 11.1 Å². The van der Waals surface area contributed by atoms with Gasteiger partial charge in [-0.25, -0.2) is 4.79 Å². The molecule has 6 nitrogen and oxygen atoms in total. The van der Waals surface area contributed by atoms with Crippen molar-refractivity contribution in [2.45, 2.75) is 13.0 Å². The molecular formula is C9H15N5O. The van der Waals surface area contributed by atoms with Gasteiger partial charge in [-0.05, 0) is 6.42 Å². The molecule has 1 aliphatic heterocycles. The molecule has 0 spiro atoms. The zero-order valence-corrected chi connectivity index (χ0v) is 8.73. The Bertz CT molecular complexity index is 373. The van der Waals surface area contributed by atoms with E-state index in [1.54, 1.807) is 9.58 Å². The highest BCUT2D eigenvalue weighted by atomic mass is 16.2. The van der Waals surface area contributed by atoms with Crippen LogP contribution >= 0.6 is 0 Å². The molecule has 0 saturated carbocycles.